The number of sulfonamides is 1. The number of nitrogens with one attached hydrogen (secondary N) is 1. The Morgan fingerprint density at radius 1 is 1.21 bits per heavy atom. The molecule has 0 saturated heterocycles. The Morgan fingerprint density at radius 3 is 2.66 bits per heavy atom. The molecule has 0 radical (unpaired) electrons. The van der Waals surface area contributed by atoms with Crippen LogP contribution in [0.2, 0.25) is 0 Å². The Balaban J connectivity index is 1.86. The molecule has 1 heterocycles. The smallest absolute Gasteiger partial charge is 0.236 e. The molecule has 8 heteroatoms. The van der Waals surface area contributed by atoms with Gasteiger partial charge in [0.1, 0.15) is 18.2 Å². The van der Waals surface area contributed by atoms with Crippen LogP contribution in [0.5, 0.6) is 5.75 Å². The van der Waals surface area contributed by atoms with Gasteiger partial charge in [0.15, 0.2) is 0 Å². The second kappa shape index (κ2) is 8.02. The van der Waals surface area contributed by atoms with Crippen molar-refractivity contribution >= 4 is 27.3 Å². The van der Waals surface area contributed by atoms with Crippen LogP contribution in [-0.4, -0.2) is 27.5 Å². The Labute approximate surface area is 170 Å². The van der Waals surface area contributed by atoms with E-state index >= 15 is 0 Å². The van der Waals surface area contributed by atoms with Crippen molar-refractivity contribution in [3.63, 3.8) is 0 Å². The molecule has 2 aromatic carbocycles. The van der Waals surface area contributed by atoms with Gasteiger partial charge in [-0.3, -0.25) is 9.52 Å². The van der Waals surface area contributed by atoms with Gasteiger partial charge in [0.05, 0.1) is 22.5 Å². The summed E-state index contributed by atoms with van der Waals surface area (Å²) >= 11 is 0. The summed E-state index contributed by atoms with van der Waals surface area (Å²) in [6, 6.07) is 10.3. The summed E-state index contributed by atoms with van der Waals surface area (Å²) in [5.41, 5.74) is 0.606. The standard InChI is InChI=1S/C21H25FN2O4S/c1-4-10-24-18-9-8-17(12-19(18)28-14-21(2,3)20(24)25)23-29(26,27)13-15-6-5-7-16(22)11-15/h5-9,11-12,23H,4,10,13-14H2,1-3H3. The van der Waals surface area contributed by atoms with E-state index in [0.29, 0.717) is 29.2 Å². The molecule has 1 amide bonds. The third-order valence-corrected chi connectivity index (χ3v) is 5.89. The van der Waals surface area contributed by atoms with Crippen molar-refractivity contribution in [1.82, 2.24) is 0 Å². The highest BCUT2D eigenvalue weighted by Crippen LogP contribution is 2.38. The largest absolute Gasteiger partial charge is 0.490 e. The van der Waals surface area contributed by atoms with E-state index in [0.717, 1.165) is 6.42 Å². The molecule has 1 aliphatic rings. The number of anilines is 2. The predicted molar refractivity (Wildman–Crippen MR) is 111 cm³/mol. The molecule has 2 aromatic rings. The highest BCUT2D eigenvalue weighted by Gasteiger charge is 2.37. The topological polar surface area (TPSA) is 75.7 Å². The SMILES string of the molecule is CCCN1C(=O)C(C)(C)COc2cc(NS(=O)(=O)Cc3cccc(F)c3)ccc21. The molecule has 29 heavy (non-hydrogen) atoms. The summed E-state index contributed by atoms with van der Waals surface area (Å²) < 4.78 is 46.7. The van der Waals surface area contributed by atoms with E-state index in [4.69, 9.17) is 4.74 Å². The summed E-state index contributed by atoms with van der Waals surface area (Å²) in [4.78, 5) is 14.6. The maximum Gasteiger partial charge on any atom is 0.236 e. The zero-order valence-corrected chi connectivity index (χ0v) is 17.6. The fourth-order valence-corrected chi connectivity index (χ4v) is 4.39. The van der Waals surface area contributed by atoms with Gasteiger partial charge in [-0.05, 0) is 50.1 Å². The van der Waals surface area contributed by atoms with Crippen molar-refractivity contribution < 1.29 is 22.3 Å². The molecule has 0 aromatic heterocycles. The molecular formula is C21H25FN2O4S. The molecule has 0 fully saturated rings. The van der Waals surface area contributed by atoms with Crippen molar-refractivity contribution in [3.8, 4) is 5.75 Å². The van der Waals surface area contributed by atoms with Crippen molar-refractivity contribution in [2.75, 3.05) is 22.8 Å². The van der Waals surface area contributed by atoms with Crippen LogP contribution in [0.1, 0.15) is 32.8 Å². The lowest BCUT2D eigenvalue weighted by atomic mass is 9.93. The summed E-state index contributed by atoms with van der Waals surface area (Å²) in [5.74, 6) is -0.420. The van der Waals surface area contributed by atoms with Crippen LogP contribution in [-0.2, 0) is 20.6 Å². The molecule has 1 aliphatic heterocycles. The fraction of sp³-hybridized carbons (Fsp3) is 0.381. The zero-order chi connectivity index (χ0) is 21.2. The third-order valence-electron chi connectivity index (χ3n) is 4.63. The number of benzene rings is 2. The summed E-state index contributed by atoms with van der Waals surface area (Å²) in [6.07, 6.45) is 0.781. The van der Waals surface area contributed by atoms with Gasteiger partial charge in [-0.15, -0.1) is 0 Å². The molecule has 0 aliphatic carbocycles. The van der Waals surface area contributed by atoms with Gasteiger partial charge in [0.2, 0.25) is 15.9 Å². The number of rotatable bonds is 6. The minimum atomic E-state index is -3.75. The van der Waals surface area contributed by atoms with Gasteiger partial charge in [0, 0.05) is 12.6 Å². The first-order valence-corrected chi connectivity index (χ1v) is 11.1. The van der Waals surface area contributed by atoms with Gasteiger partial charge in [-0.1, -0.05) is 19.1 Å². The maximum atomic E-state index is 13.3. The first kappa shape index (κ1) is 21.1. The zero-order valence-electron chi connectivity index (χ0n) is 16.7. The van der Waals surface area contributed by atoms with Gasteiger partial charge in [-0.25, -0.2) is 12.8 Å². The summed E-state index contributed by atoms with van der Waals surface area (Å²) in [5, 5.41) is 0. The number of fused-ring (bicyclic) bond motifs is 1. The average Bonchev–Trinajstić information content (AvgIpc) is 2.71. The van der Waals surface area contributed by atoms with Crippen LogP contribution >= 0.6 is 0 Å². The monoisotopic (exact) mass is 420 g/mol. The van der Waals surface area contributed by atoms with Gasteiger partial charge in [-0.2, -0.15) is 0 Å². The maximum absolute atomic E-state index is 13.3. The van der Waals surface area contributed by atoms with E-state index in [9.17, 15) is 17.6 Å². The number of hydrogen-bond donors (Lipinski definition) is 1. The first-order chi connectivity index (χ1) is 13.6. The lowest BCUT2D eigenvalue weighted by Crippen LogP contribution is -2.42. The fourth-order valence-electron chi connectivity index (χ4n) is 3.22. The molecule has 1 N–H and O–H groups in total. The predicted octanol–water partition coefficient (Wildman–Crippen LogP) is 3.93. The lowest BCUT2D eigenvalue weighted by Gasteiger charge is -2.27. The van der Waals surface area contributed by atoms with E-state index in [1.165, 1.54) is 18.2 Å². The highest BCUT2D eigenvalue weighted by molar-refractivity contribution is 7.91. The molecule has 0 saturated carbocycles. The minimum Gasteiger partial charge on any atom is -0.490 e. The van der Waals surface area contributed by atoms with Crippen molar-refractivity contribution in [2.45, 2.75) is 32.9 Å². The van der Waals surface area contributed by atoms with E-state index in [-0.39, 0.29) is 18.3 Å². The number of halogens is 1. The highest BCUT2D eigenvalue weighted by atomic mass is 32.2. The Bertz CT molecular complexity index is 1020. The molecule has 0 spiro atoms. The van der Waals surface area contributed by atoms with E-state index in [1.807, 2.05) is 20.8 Å². The number of hydrogen-bond acceptors (Lipinski definition) is 4. The quantitative estimate of drug-likeness (QED) is 0.768. The van der Waals surface area contributed by atoms with Crippen LogP contribution in [0, 0.1) is 11.2 Å². The van der Waals surface area contributed by atoms with Crippen molar-refractivity contribution in [2.24, 2.45) is 5.41 Å². The van der Waals surface area contributed by atoms with Gasteiger partial charge >= 0.3 is 0 Å². The summed E-state index contributed by atoms with van der Waals surface area (Å²) in [6.45, 7) is 6.38. The van der Waals surface area contributed by atoms with Gasteiger partial charge < -0.3 is 9.64 Å². The molecule has 0 bridgehead atoms. The van der Waals surface area contributed by atoms with Crippen LogP contribution in [0.25, 0.3) is 0 Å². The third kappa shape index (κ3) is 4.87. The lowest BCUT2D eigenvalue weighted by molar-refractivity contribution is -0.127. The van der Waals surface area contributed by atoms with E-state index < -0.39 is 21.3 Å². The molecule has 6 nitrogen and oxygen atoms in total. The van der Waals surface area contributed by atoms with E-state index in [2.05, 4.69) is 4.72 Å². The minimum absolute atomic E-state index is 0.0301. The average molecular weight is 421 g/mol. The molecule has 3 rings (SSSR count). The van der Waals surface area contributed by atoms with Crippen LogP contribution in [0.15, 0.2) is 42.5 Å². The number of carbonyl (C=O) groups excluding carboxylic acids is 1. The number of amides is 1. The Hall–Kier alpha value is -2.61. The van der Waals surface area contributed by atoms with Gasteiger partial charge in [0.25, 0.3) is 0 Å². The van der Waals surface area contributed by atoms with Crippen LogP contribution < -0.4 is 14.4 Å². The second-order valence-corrected chi connectivity index (χ2v) is 9.53. The molecule has 0 atom stereocenters. The van der Waals surface area contributed by atoms with Crippen LogP contribution in [0.4, 0.5) is 15.8 Å². The first-order valence-electron chi connectivity index (χ1n) is 9.45. The Morgan fingerprint density at radius 2 is 1.97 bits per heavy atom. The van der Waals surface area contributed by atoms with Crippen LogP contribution in [0.3, 0.4) is 0 Å². The Kier molecular flexibility index (Phi) is 5.84. The second-order valence-electron chi connectivity index (χ2n) is 7.80. The summed E-state index contributed by atoms with van der Waals surface area (Å²) in [7, 11) is -3.75. The normalized spacial score (nSPS) is 16.0. The van der Waals surface area contributed by atoms with Crippen molar-refractivity contribution in [1.29, 1.82) is 0 Å². The van der Waals surface area contributed by atoms with E-state index in [1.54, 1.807) is 29.2 Å². The molecule has 0 unspecified atom stereocenters. The number of nitrogens with zero attached hydrogens (tertiary/aromatic N) is 1. The van der Waals surface area contributed by atoms with Crippen molar-refractivity contribution in [3.05, 3.63) is 53.8 Å². The number of ether oxygens (including phenoxy) is 1. The molecule has 156 valence electrons. The molecular weight excluding hydrogens is 395 g/mol. The number of carbonyl (C=O) groups is 1.